The lowest BCUT2D eigenvalue weighted by Crippen LogP contribution is -2.23. The lowest BCUT2D eigenvalue weighted by molar-refractivity contribution is -0.115. The molecule has 0 fully saturated rings. The minimum Gasteiger partial charge on any atom is -0.497 e. The molecular weight excluding hydrogens is 352 g/mol. The summed E-state index contributed by atoms with van der Waals surface area (Å²) in [5.74, 6) is 1.85. The molecule has 0 radical (unpaired) electrons. The molecule has 28 heavy (non-hydrogen) atoms. The number of anilines is 2. The first-order chi connectivity index (χ1) is 13.7. The van der Waals surface area contributed by atoms with Gasteiger partial charge in [-0.3, -0.25) is 4.79 Å². The van der Waals surface area contributed by atoms with E-state index in [2.05, 4.69) is 39.5 Å². The number of methoxy groups -OCH3 is 1. The zero-order valence-electron chi connectivity index (χ0n) is 16.1. The molecule has 0 unspecified atom stereocenters. The van der Waals surface area contributed by atoms with Gasteiger partial charge < -0.3 is 15.0 Å². The number of hydrogen-bond acceptors (Lipinski definition) is 5. The maximum Gasteiger partial charge on any atom is 0.229 e. The van der Waals surface area contributed by atoms with Gasteiger partial charge in [0.1, 0.15) is 5.75 Å². The minimum atomic E-state index is -0.135. The highest BCUT2D eigenvalue weighted by Crippen LogP contribution is 2.16. The van der Waals surface area contributed by atoms with Crippen LogP contribution in [-0.2, 0) is 17.8 Å². The molecule has 0 aliphatic carbocycles. The van der Waals surface area contributed by atoms with Crippen LogP contribution in [0.15, 0.2) is 66.7 Å². The summed E-state index contributed by atoms with van der Waals surface area (Å²) in [4.78, 5) is 14.4. The first-order valence-corrected chi connectivity index (χ1v) is 9.23. The van der Waals surface area contributed by atoms with Crippen LogP contribution in [0, 0.1) is 0 Å². The number of nitrogens with one attached hydrogen (secondary N) is 1. The zero-order chi connectivity index (χ0) is 19.8. The molecule has 1 heterocycles. The molecule has 6 nitrogen and oxygen atoms in total. The van der Waals surface area contributed by atoms with Gasteiger partial charge in [0.25, 0.3) is 0 Å². The molecule has 0 saturated carbocycles. The van der Waals surface area contributed by atoms with Gasteiger partial charge in [-0.15, -0.1) is 10.2 Å². The molecule has 2 aromatic carbocycles. The molecule has 3 rings (SSSR count). The highest BCUT2D eigenvalue weighted by atomic mass is 16.5. The van der Waals surface area contributed by atoms with E-state index in [1.54, 1.807) is 13.2 Å². The Bertz CT molecular complexity index is 881. The second-order valence-electron chi connectivity index (χ2n) is 6.35. The first-order valence-electron chi connectivity index (χ1n) is 9.23. The SMILES string of the molecule is CCN(Cc1ccccc1)c1ccc(NC(=O)Cc2ccc(OC)cc2)nn1. The van der Waals surface area contributed by atoms with Crippen molar-refractivity contribution in [2.24, 2.45) is 0 Å². The van der Waals surface area contributed by atoms with Crippen molar-refractivity contribution in [3.8, 4) is 5.75 Å². The van der Waals surface area contributed by atoms with Crippen LogP contribution >= 0.6 is 0 Å². The molecule has 1 aromatic heterocycles. The summed E-state index contributed by atoms with van der Waals surface area (Å²) in [6.07, 6.45) is 0.266. The Kier molecular flexibility index (Phi) is 6.57. The van der Waals surface area contributed by atoms with E-state index >= 15 is 0 Å². The Labute approximate surface area is 165 Å². The highest BCUT2D eigenvalue weighted by molar-refractivity contribution is 5.91. The second kappa shape index (κ2) is 9.50. The van der Waals surface area contributed by atoms with E-state index in [9.17, 15) is 4.79 Å². The molecule has 0 saturated heterocycles. The fraction of sp³-hybridized carbons (Fsp3) is 0.227. The van der Waals surface area contributed by atoms with Gasteiger partial charge in [0.2, 0.25) is 5.91 Å². The van der Waals surface area contributed by atoms with Crippen LogP contribution in [0.4, 0.5) is 11.6 Å². The van der Waals surface area contributed by atoms with Crippen LogP contribution in [0.2, 0.25) is 0 Å². The van der Waals surface area contributed by atoms with Gasteiger partial charge in [0.05, 0.1) is 13.5 Å². The number of rotatable bonds is 8. The summed E-state index contributed by atoms with van der Waals surface area (Å²) in [5, 5.41) is 11.2. The van der Waals surface area contributed by atoms with Gasteiger partial charge in [-0.25, -0.2) is 0 Å². The maximum absolute atomic E-state index is 12.2. The number of hydrogen-bond donors (Lipinski definition) is 1. The summed E-state index contributed by atoms with van der Waals surface area (Å²) in [6, 6.07) is 21.3. The van der Waals surface area contributed by atoms with E-state index in [0.29, 0.717) is 5.82 Å². The molecule has 6 heteroatoms. The summed E-state index contributed by atoms with van der Waals surface area (Å²) in [6.45, 7) is 3.65. The van der Waals surface area contributed by atoms with Crippen molar-refractivity contribution in [1.82, 2.24) is 10.2 Å². The molecule has 144 valence electrons. The van der Waals surface area contributed by atoms with Gasteiger partial charge in [-0.05, 0) is 42.3 Å². The minimum absolute atomic E-state index is 0.135. The number of amides is 1. The third-order valence-electron chi connectivity index (χ3n) is 4.36. The predicted molar refractivity (Wildman–Crippen MR) is 111 cm³/mol. The number of ether oxygens (including phenoxy) is 1. The van der Waals surface area contributed by atoms with Crippen molar-refractivity contribution in [1.29, 1.82) is 0 Å². The fourth-order valence-corrected chi connectivity index (χ4v) is 2.83. The molecule has 0 bridgehead atoms. The van der Waals surface area contributed by atoms with Crippen molar-refractivity contribution < 1.29 is 9.53 Å². The normalized spacial score (nSPS) is 10.4. The van der Waals surface area contributed by atoms with Gasteiger partial charge in [-0.1, -0.05) is 42.5 Å². The summed E-state index contributed by atoms with van der Waals surface area (Å²) in [5.41, 5.74) is 2.12. The van der Waals surface area contributed by atoms with Crippen LogP contribution in [0.5, 0.6) is 5.75 Å². The number of carbonyl (C=O) groups is 1. The Morgan fingerprint density at radius 2 is 1.71 bits per heavy atom. The van der Waals surface area contributed by atoms with E-state index in [1.165, 1.54) is 5.56 Å². The van der Waals surface area contributed by atoms with Crippen LogP contribution < -0.4 is 15.0 Å². The number of nitrogens with zero attached hydrogens (tertiary/aromatic N) is 3. The molecule has 0 aliphatic heterocycles. The van der Waals surface area contributed by atoms with Crippen molar-refractivity contribution in [3.05, 3.63) is 77.9 Å². The van der Waals surface area contributed by atoms with Crippen molar-refractivity contribution in [2.45, 2.75) is 19.9 Å². The smallest absolute Gasteiger partial charge is 0.229 e. The van der Waals surface area contributed by atoms with Crippen molar-refractivity contribution >= 4 is 17.5 Å². The second-order valence-corrected chi connectivity index (χ2v) is 6.35. The van der Waals surface area contributed by atoms with Crippen molar-refractivity contribution in [3.63, 3.8) is 0 Å². The quantitative estimate of drug-likeness (QED) is 0.649. The largest absolute Gasteiger partial charge is 0.497 e. The third kappa shape index (κ3) is 5.30. The van der Waals surface area contributed by atoms with E-state index in [1.807, 2.05) is 48.5 Å². The van der Waals surface area contributed by atoms with E-state index in [4.69, 9.17) is 4.74 Å². The molecule has 0 spiro atoms. The Hall–Kier alpha value is -3.41. The lowest BCUT2D eigenvalue weighted by Gasteiger charge is -2.21. The molecule has 3 aromatic rings. The number of aromatic nitrogens is 2. The number of carbonyl (C=O) groups excluding carboxylic acids is 1. The molecule has 1 amide bonds. The van der Waals surface area contributed by atoms with Gasteiger partial charge in [0, 0.05) is 13.1 Å². The standard InChI is InChI=1S/C22H24N4O2/c1-3-26(16-18-7-5-4-6-8-18)21-14-13-20(24-25-21)23-22(27)15-17-9-11-19(28-2)12-10-17/h4-14H,3,15-16H2,1-2H3,(H,23,24,27). The molecule has 0 aliphatic rings. The van der Waals surface area contributed by atoms with Crippen LogP contribution in [0.1, 0.15) is 18.1 Å². The van der Waals surface area contributed by atoms with E-state index < -0.39 is 0 Å². The molecule has 0 atom stereocenters. The average Bonchev–Trinajstić information content (AvgIpc) is 2.74. The van der Waals surface area contributed by atoms with Gasteiger partial charge in [0.15, 0.2) is 11.6 Å². The predicted octanol–water partition coefficient (Wildman–Crippen LogP) is 3.69. The first kappa shape index (κ1) is 19.4. The maximum atomic E-state index is 12.2. The summed E-state index contributed by atoms with van der Waals surface area (Å²) >= 11 is 0. The summed E-state index contributed by atoms with van der Waals surface area (Å²) in [7, 11) is 1.61. The Balaban J connectivity index is 1.58. The number of benzene rings is 2. The Morgan fingerprint density at radius 3 is 2.32 bits per heavy atom. The zero-order valence-corrected chi connectivity index (χ0v) is 16.1. The summed E-state index contributed by atoms with van der Waals surface area (Å²) < 4.78 is 5.12. The third-order valence-corrected chi connectivity index (χ3v) is 4.36. The lowest BCUT2D eigenvalue weighted by atomic mass is 10.1. The van der Waals surface area contributed by atoms with E-state index in [0.717, 1.165) is 30.2 Å². The molecule has 1 N–H and O–H groups in total. The topological polar surface area (TPSA) is 67.4 Å². The Morgan fingerprint density at radius 1 is 0.964 bits per heavy atom. The van der Waals surface area contributed by atoms with Gasteiger partial charge >= 0.3 is 0 Å². The molecular formula is C22H24N4O2. The van der Waals surface area contributed by atoms with Crippen LogP contribution in [-0.4, -0.2) is 29.8 Å². The van der Waals surface area contributed by atoms with E-state index in [-0.39, 0.29) is 12.3 Å². The monoisotopic (exact) mass is 376 g/mol. The van der Waals surface area contributed by atoms with Crippen molar-refractivity contribution in [2.75, 3.05) is 23.9 Å². The van der Waals surface area contributed by atoms with Crippen LogP contribution in [0.3, 0.4) is 0 Å². The van der Waals surface area contributed by atoms with Gasteiger partial charge in [-0.2, -0.15) is 0 Å². The van der Waals surface area contributed by atoms with Crippen LogP contribution in [0.25, 0.3) is 0 Å². The fourth-order valence-electron chi connectivity index (χ4n) is 2.83. The average molecular weight is 376 g/mol. The highest BCUT2D eigenvalue weighted by Gasteiger charge is 2.10.